The van der Waals surface area contributed by atoms with E-state index in [0.717, 1.165) is 28.1 Å². The Labute approximate surface area is 157 Å². The van der Waals surface area contributed by atoms with Crippen LogP contribution in [0.4, 0.5) is 0 Å². The van der Waals surface area contributed by atoms with E-state index in [-0.39, 0.29) is 0 Å². The lowest BCUT2D eigenvalue weighted by molar-refractivity contribution is 0.435. The Balaban J connectivity index is 1.61. The molecule has 27 heavy (non-hydrogen) atoms. The molecule has 1 aromatic heterocycles. The van der Waals surface area contributed by atoms with Crippen molar-refractivity contribution in [2.24, 2.45) is 0 Å². The number of fused-ring (bicyclic) bond motifs is 1. The van der Waals surface area contributed by atoms with Crippen LogP contribution in [0.25, 0.3) is 44.5 Å². The molecular formula is C25H17NO. The van der Waals surface area contributed by atoms with Crippen LogP contribution < -0.4 is 0 Å². The number of aromatic nitrogens is 1. The van der Waals surface area contributed by atoms with Crippen molar-refractivity contribution in [1.29, 1.82) is 0 Å². The van der Waals surface area contributed by atoms with E-state index < -0.39 is 0 Å². The van der Waals surface area contributed by atoms with E-state index in [1.807, 2.05) is 42.5 Å². The Hall–Kier alpha value is -3.65. The number of nitrogens with zero attached hydrogens (tertiary/aromatic N) is 1. The highest BCUT2D eigenvalue weighted by atomic mass is 16.5. The summed E-state index contributed by atoms with van der Waals surface area (Å²) in [7, 11) is 0. The third-order valence-corrected chi connectivity index (χ3v) is 4.83. The van der Waals surface area contributed by atoms with Gasteiger partial charge < -0.3 is 4.52 Å². The second-order valence-electron chi connectivity index (χ2n) is 6.55. The van der Waals surface area contributed by atoms with Crippen molar-refractivity contribution in [2.75, 3.05) is 0 Å². The third-order valence-electron chi connectivity index (χ3n) is 4.83. The molecule has 1 heterocycles. The zero-order valence-electron chi connectivity index (χ0n) is 14.7. The van der Waals surface area contributed by atoms with Crippen LogP contribution in [0.1, 0.15) is 0 Å². The lowest BCUT2D eigenvalue weighted by atomic mass is 9.95. The molecule has 5 aromatic rings. The third kappa shape index (κ3) is 2.91. The average molecular weight is 347 g/mol. The Bertz CT molecular complexity index is 1220. The maximum absolute atomic E-state index is 5.62. The number of hydrogen-bond donors (Lipinski definition) is 0. The van der Waals surface area contributed by atoms with E-state index >= 15 is 0 Å². The summed E-state index contributed by atoms with van der Waals surface area (Å²) in [5.74, 6) is 0.777. The van der Waals surface area contributed by atoms with Crippen LogP contribution in [0, 0.1) is 0 Å². The van der Waals surface area contributed by atoms with Crippen LogP contribution in [-0.2, 0) is 0 Å². The fourth-order valence-electron chi connectivity index (χ4n) is 3.46. The molecule has 0 spiro atoms. The zero-order valence-corrected chi connectivity index (χ0v) is 14.7. The SMILES string of the molecule is c1ccc(-c2cc(-c3ccccc3-c3ccc4ccccc4c3)no2)cc1. The molecule has 0 saturated carbocycles. The Morgan fingerprint density at radius 1 is 0.519 bits per heavy atom. The van der Waals surface area contributed by atoms with E-state index in [1.54, 1.807) is 0 Å². The fraction of sp³-hybridized carbons (Fsp3) is 0. The average Bonchev–Trinajstić information content (AvgIpc) is 3.24. The monoisotopic (exact) mass is 347 g/mol. The van der Waals surface area contributed by atoms with Gasteiger partial charge in [0.05, 0.1) is 0 Å². The second-order valence-corrected chi connectivity index (χ2v) is 6.55. The van der Waals surface area contributed by atoms with Crippen molar-refractivity contribution >= 4 is 10.8 Å². The van der Waals surface area contributed by atoms with Crippen LogP contribution >= 0.6 is 0 Å². The normalized spacial score (nSPS) is 11.0. The molecule has 0 aliphatic rings. The van der Waals surface area contributed by atoms with Gasteiger partial charge in [0.2, 0.25) is 0 Å². The molecule has 0 atom stereocenters. The van der Waals surface area contributed by atoms with Gasteiger partial charge in [0.25, 0.3) is 0 Å². The largest absolute Gasteiger partial charge is 0.356 e. The Morgan fingerprint density at radius 2 is 1.22 bits per heavy atom. The smallest absolute Gasteiger partial charge is 0.167 e. The first-order valence-corrected chi connectivity index (χ1v) is 8.99. The van der Waals surface area contributed by atoms with Gasteiger partial charge in [-0.1, -0.05) is 96.2 Å². The van der Waals surface area contributed by atoms with Gasteiger partial charge >= 0.3 is 0 Å². The van der Waals surface area contributed by atoms with Gasteiger partial charge in [0.15, 0.2) is 5.76 Å². The molecule has 0 bridgehead atoms. The molecule has 0 unspecified atom stereocenters. The number of hydrogen-bond acceptors (Lipinski definition) is 2. The van der Waals surface area contributed by atoms with Gasteiger partial charge in [0.1, 0.15) is 5.69 Å². The highest BCUT2D eigenvalue weighted by molar-refractivity contribution is 5.91. The topological polar surface area (TPSA) is 26.0 Å². The Kier molecular flexibility index (Phi) is 3.80. The maximum Gasteiger partial charge on any atom is 0.167 e. The molecule has 0 saturated heterocycles. The first kappa shape index (κ1) is 15.6. The van der Waals surface area contributed by atoms with Crippen LogP contribution in [0.5, 0.6) is 0 Å². The van der Waals surface area contributed by atoms with Crippen LogP contribution in [0.15, 0.2) is 108 Å². The molecule has 2 heteroatoms. The van der Waals surface area contributed by atoms with Gasteiger partial charge in [-0.05, 0) is 28.0 Å². The highest BCUT2D eigenvalue weighted by Gasteiger charge is 2.13. The molecule has 0 amide bonds. The minimum atomic E-state index is 0.777. The summed E-state index contributed by atoms with van der Waals surface area (Å²) < 4.78 is 5.62. The van der Waals surface area contributed by atoms with Crippen molar-refractivity contribution in [3.63, 3.8) is 0 Å². The predicted molar refractivity (Wildman–Crippen MR) is 110 cm³/mol. The minimum absolute atomic E-state index is 0.777. The summed E-state index contributed by atoms with van der Waals surface area (Å²) in [5, 5.41) is 6.81. The summed E-state index contributed by atoms with van der Waals surface area (Å²) in [4.78, 5) is 0. The molecule has 0 radical (unpaired) electrons. The van der Waals surface area contributed by atoms with Gasteiger partial charge in [-0.25, -0.2) is 0 Å². The van der Waals surface area contributed by atoms with Gasteiger partial charge in [-0.3, -0.25) is 0 Å². The van der Waals surface area contributed by atoms with E-state index in [9.17, 15) is 0 Å². The molecule has 0 aliphatic carbocycles. The molecule has 2 nitrogen and oxygen atoms in total. The van der Waals surface area contributed by atoms with E-state index in [0.29, 0.717) is 0 Å². The maximum atomic E-state index is 5.62. The summed E-state index contributed by atoms with van der Waals surface area (Å²) in [6, 6.07) is 35.4. The zero-order chi connectivity index (χ0) is 18.1. The number of benzene rings is 4. The first-order valence-electron chi connectivity index (χ1n) is 8.99. The minimum Gasteiger partial charge on any atom is -0.356 e. The molecule has 5 rings (SSSR count). The van der Waals surface area contributed by atoms with Crippen LogP contribution in [0.3, 0.4) is 0 Å². The van der Waals surface area contributed by atoms with E-state index in [4.69, 9.17) is 4.52 Å². The first-order chi connectivity index (χ1) is 13.4. The van der Waals surface area contributed by atoms with Crippen LogP contribution in [-0.4, -0.2) is 5.16 Å². The summed E-state index contributed by atoms with van der Waals surface area (Å²) >= 11 is 0. The van der Waals surface area contributed by atoms with E-state index in [2.05, 4.69) is 65.8 Å². The number of rotatable bonds is 3. The highest BCUT2D eigenvalue weighted by Crippen LogP contribution is 2.34. The molecule has 128 valence electrons. The van der Waals surface area contributed by atoms with Gasteiger partial charge in [-0.15, -0.1) is 0 Å². The van der Waals surface area contributed by atoms with Crippen molar-refractivity contribution in [1.82, 2.24) is 5.16 Å². The van der Waals surface area contributed by atoms with Crippen molar-refractivity contribution < 1.29 is 4.52 Å². The lowest BCUT2D eigenvalue weighted by Gasteiger charge is -2.08. The summed E-state index contributed by atoms with van der Waals surface area (Å²) in [6.45, 7) is 0. The summed E-state index contributed by atoms with van der Waals surface area (Å²) in [6.07, 6.45) is 0. The Morgan fingerprint density at radius 3 is 2.07 bits per heavy atom. The van der Waals surface area contributed by atoms with Crippen molar-refractivity contribution in [3.05, 3.63) is 103 Å². The quantitative estimate of drug-likeness (QED) is 0.357. The van der Waals surface area contributed by atoms with Crippen molar-refractivity contribution in [2.45, 2.75) is 0 Å². The van der Waals surface area contributed by atoms with Crippen LogP contribution in [0.2, 0.25) is 0 Å². The molecule has 0 N–H and O–H groups in total. The van der Waals surface area contributed by atoms with Crippen molar-refractivity contribution in [3.8, 4) is 33.7 Å². The predicted octanol–water partition coefficient (Wildman–Crippen LogP) is 6.83. The molecule has 0 fully saturated rings. The molecular weight excluding hydrogens is 330 g/mol. The molecule has 4 aromatic carbocycles. The summed E-state index contributed by atoms with van der Waals surface area (Å²) in [5.41, 5.74) is 5.26. The standard InChI is InChI=1S/C25H17NO/c1-2-9-19(10-3-1)25-17-24(26-27-25)23-13-7-6-12-22(23)21-15-14-18-8-4-5-11-20(18)16-21/h1-17H. The fourth-order valence-corrected chi connectivity index (χ4v) is 3.46. The van der Waals surface area contributed by atoms with Gasteiger partial charge in [0, 0.05) is 17.2 Å². The lowest BCUT2D eigenvalue weighted by Crippen LogP contribution is -1.85. The van der Waals surface area contributed by atoms with Gasteiger partial charge in [-0.2, -0.15) is 0 Å². The van der Waals surface area contributed by atoms with E-state index in [1.165, 1.54) is 16.3 Å². The molecule has 0 aliphatic heterocycles. The second kappa shape index (κ2) is 6.58.